The van der Waals surface area contributed by atoms with Crippen LogP contribution < -0.4 is 15.6 Å². The van der Waals surface area contributed by atoms with Crippen molar-refractivity contribution in [3.8, 4) is 0 Å². The maximum absolute atomic E-state index is 12.2. The number of aliphatic hydroxyl groups excluding tert-OH is 1. The summed E-state index contributed by atoms with van der Waals surface area (Å²) in [5.74, 6) is 0.362. The maximum atomic E-state index is 12.2. The van der Waals surface area contributed by atoms with Gasteiger partial charge in [-0.05, 0) is 46.3 Å². The molecular formula is C39H44O3Si. The molecule has 0 bridgehead atoms. The van der Waals surface area contributed by atoms with Crippen molar-refractivity contribution in [2.45, 2.75) is 50.0 Å². The smallest absolute Gasteiger partial charge is 0.157 e. The van der Waals surface area contributed by atoms with Gasteiger partial charge in [-0.15, -0.1) is 6.58 Å². The standard InChI is InChI=1S/C39H44O3Si/c1-2-39(43(34-22-9-4-10-23-34,35-24-11-5-12-25-35)36-26-13-6-14-27-36)37(40)30-38-33(21-17-29-42-38)20-15-16-28-41-31-32-18-7-3-8-19-32/h2-16,18-19,22-27,33,37-40H,1,17,20-21,28-31H2/b16-15-/t33-,37?,38-,39?/m0/s1. The molecule has 1 saturated heterocycles. The third-order valence-corrected chi connectivity index (χ3v) is 14.2. The first kappa shape index (κ1) is 30.9. The summed E-state index contributed by atoms with van der Waals surface area (Å²) in [6.45, 7) is 6.30. The van der Waals surface area contributed by atoms with E-state index in [4.69, 9.17) is 9.47 Å². The molecule has 43 heavy (non-hydrogen) atoms. The van der Waals surface area contributed by atoms with Crippen LogP contribution in [0.3, 0.4) is 0 Å². The molecular weight excluding hydrogens is 545 g/mol. The molecule has 0 aliphatic carbocycles. The zero-order valence-corrected chi connectivity index (χ0v) is 26.0. The normalized spacial score (nSPS) is 18.7. The van der Waals surface area contributed by atoms with Crippen LogP contribution in [0.4, 0.5) is 0 Å². The summed E-state index contributed by atoms with van der Waals surface area (Å²) in [5, 5.41) is 16.0. The van der Waals surface area contributed by atoms with Gasteiger partial charge in [0.15, 0.2) is 8.07 Å². The van der Waals surface area contributed by atoms with Crippen molar-refractivity contribution in [3.63, 3.8) is 0 Å². The summed E-state index contributed by atoms with van der Waals surface area (Å²) in [5.41, 5.74) is 1.04. The Hall–Kier alpha value is -3.54. The average Bonchev–Trinajstić information content (AvgIpc) is 3.07. The van der Waals surface area contributed by atoms with Crippen LogP contribution in [0.15, 0.2) is 146 Å². The van der Waals surface area contributed by atoms with Gasteiger partial charge in [-0.2, -0.15) is 0 Å². The lowest BCUT2D eigenvalue weighted by Gasteiger charge is -2.43. The van der Waals surface area contributed by atoms with E-state index in [1.165, 1.54) is 21.1 Å². The Morgan fingerprint density at radius 2 is 1.33 bits per heavy atom. The van der Waals surface area contributed by atoms with Gasteiger partial charge in [-0.1, -0.05) is 140 Å². The van der Waals surface area contributed by atoms with Gasteiger partial charge in [0.25, 0.3) is 0 Å². The topological polar surface area (TPSA) is 38.7 Å². The van der Waals surface area contributed by atoms with E-state index in [1.54, 1.807) is 0 Å². The summed E-state index contributed by atoms with van der Waals surface area (Å²) in [7, 11) is -2.75. The van der Waals surface area contributed by atoms with Crippen LogP contribution in [0.5, 0.6) is 0 Å². The van der Waals surface area contributed by atoms with Gasteiger partial charge < -0.3 is 14.6 Å². The molecule has 222 valence electrons. The lowest BCUT2D eigenvalue weighted by Crippen LogP contribution is -2.71. The second-order valence-electron chi connectivity index (χ2n) is 11.5. The molecule has 0 spiro atoms. The molecule has 1 aliphatic heterocycles. The average molecular weight is 589 g/mol. The number of rotatable bonds is 14. The summed E-state index contributed by atoms with van der Waals surface area (Å²) in [6.07, 6.45) is 9.42. The largest absolute Gasteiger partial charge is 0.393 e. The molecule has 0 saturated carbocycles. The highest BCUT2D eigenvalue weighted by molar-refractivity contribution is 7.12. The summed E-state index contributed by atoms with van der Waals surface area (Å²) < 4.78 is 12.2. The van der Waals surface area contributed by atoms with E-state index in [-0.39, 0.29) is 11.6 Å². The number of hydrogen-bond acceptors (Lipinski definition) is 3. The van der Waals surface area contributed by atoms with Crippen LogP contribution >= 0.6 is 0 Å². The van der Waals surface area contributed by atoms with Gasteiger partial charge in [0, 0.05) is 18.6 Å². The van der Waals surface area contributed by atoms with Gasteiger partial charge in [0.05, 0.1) is 25.4 Å². The first-order valence-corrected chi connectivity index (χ1v) is 17.7. The Labute approximate surface area is 258 Å². The molecule has 0 aromatic heterocycles. The lowest BCUT2D eigenvalue weighted by molar-refractivity contribution is -0.0501. The van der Waals surface area contributed by atoms with E-state index in [1.807, 2.05) is 24.3 Å². The second-order valence-corrected chi connectivity index (χ2v) is 15.5. The van der Waals surface area contributed by atoms with E-state index in [2.05, 4.69) is 122 Å². The molecule has 1 N–H and O–H groups in total. The van der Waals surface area contributed by atoms with Gasteiger partial charge in [-0.25, -0.2) is 0 Å². The van der Waals surface area contributed by atoms with E-state index in [0.29, 0.717) is 25.6 Å². The fourth-order valence-electron chi connectivity index (χ4n) is 6.78. The van der Waals surface area contributed by atoms with Crippen LogP contribution in [0, 0.1) is 5.92 Å². The predicted molar refractivity (Wildman–Crippen MR) is 181 cm³/mol. The number of aliphatic hydroxyl groups is 1. The Kier molecular flexibility index (Phi) is 11.3. The number of ether oxygens (including phenoxy) is 2. The van der Waals surface area contributed by atoms with E-state index in [9.17, 15) is 5.11 Å². The van der Waals surface area contributed by atoms with Crippen molar-refractivity contribution in [3.05, 3.63) is 152 Å². The zero-order valence-electron chi connectivity index (χ0n) is 25.0. The van der Waals surface area contributed by atoms with Crippen LogP contribution in [0.1, 0.15) is 31.2 Å². The maximum Gasteiger partial charge on any atom is 0.157 e. The highest BCUT2D eigenvalue weighted by Gasteiger charge is 2.48. The van der Waals surface area contributed by atoms with Crippen molar-refractivity contribution >= 4 is 23.6 Å². The number of benzene rings is 4. The summed E-state index contributed by atoms with van der Waals surface area (Å²) >= 11 is 0. The minimum atomic E-state index is -2.75. The van der Waals surface area contributed by atoms with Gasteiger partial charge in [-0.3, -0.25) is 0 Å². The highest BCUT2D eigenvalue weighted by Crippen LogP contribution is 2.34. The molecule has 4 heteroatoms. The molecule has 4 aromatic carbocycles. The fraction of sp³-hybridized carbons (Fsp3) is 0.282. The zero-order chi connectivity index (χ0) is 29.7. The predicted octanol–water partition coefficient (Wildman–Crippen LogP) is 6.42. The molecule has 2 unspecified atom stereocenters. The van der Waals surface area contributed by atoms with E-state index < -0.39 is 14.2 Å². The third-order valence-electron chi connectivity index (χ3n) is 8.84. The quantitative estimate of drug-likeness (QED) is 0.0800. The van der Waals surface area contributed by atoms with Crippen molar-refractivity contribution < 1.29 is 14.6 Å². The first-order valence-electron chi connectivity index (χ1n) is 15.6. The molecule has 1 heterocycles. The van der Waals surface area contributed by atoms with Crippen LogP contribution in [0.25, 0.3) is 0 Å². The fourth-order valence-corrected chi connectivity index (χ4v) is 12.2. The molecule has 4 aromatic rings. The molecule has 0 radical (unpaired) electrons. The monoisotopic (exact) mass is 588 g/mol. The van der Waals surface area contributed by atoms with Gasteiger partial charge >= 0.3 is 0 Å². The van der Waals surface area contributed by atoms with Crippen LogP contribution in [-0.2, 0) is 16.1 Å². The Morgan fingerprint density at radius 3 is 1.86 bits per heavy atom. The van der Waals surface area contributed by atoms with Crippen molar-refractivity contribution in [2.24, 2.45) is 5.92 Å². The van der Waals surface area contributed by atoms with E-state index in [0.717, 1.165) is 25.9 Å². The summed E-state index contributed by atoms with van der Waals surface area (Å²) in [6, 6.07) is 42.6. The Balaban J connectivity index is 1.36. The third kappa shape index (κ3) is 7.52. The number of allylic oxidation sites excluding steroid dienone is 1. The van der Waals surface area contributed by atoms with Gasteiger partial charge in [0.2, 0.25) is 0 Å². The number of hydrogen-bond donors (Lipinski definition) is 1. The van der Waals surface area contributed by atoms with Crippen molar-refractivity contribution in [2.75, 3.05) is 13.2 Å². The van der Waals surface area contributed by atoms with E-state index >= 15 is 0 Å². The Morgan fingerprint density at radius 1 is 0.791 bits per heavy atom. The molecule has 3 nitrogen and oxygen atoms in total. The molecule has 5 rings (SSSR count). The minimum Gasteiger partial charge on any atom is -0.393 e. The minimum absolute atomic E-state index is 0.00453. The molecule has 4 atom stereocenters. The molecule has 1 fully saturated rings. The summed E-state index contributed by atoms with van der Waals surface area (Å²) in [4.78, 5) is 0. The second kappa shape index (κ2) is 15.8. The lowest BCUT2D eigenvalue weighted by atomic mass is 9.87. The molecule has 0 amide bonds. The van der Waals surface area contributed by atoms with Crippen molar-refractivity contribution in [1.82, 2.24) is 0 Å². The van der Waals surface area contributed by atoms with Crippen LogP contribution in [0.2, 0.25) is 5.54 Å². The SMILES string of the molecule is C=CC(C(O)C[C@@H]1OCCC[C@@H]1C/C=C\COCc1ccccc1)[Si](c1ccccc1)(c1ccccc1)c1ccccc1. The van der Waals surface area contributed by atoms with Crippen LogP contribution in [-0.4, -0.2) is 38.6 Å². The first-order chi connectivity index (χ1) is 21.2. The molecule has 1 aliphatic rings. The van der Waals surface area contributed by atoms with Crippen molar-refractivity contribution in [1.29, 1.82) is 0 Å². The highest BCUT2D eigenvalue weighted by atomic mass is 28.3. The Bertz CT molecular complexity index is 1300. The van der Waals surface area contributed by atoms with Gasteiger partial charge in [0.1, 0.15) is 0 Å².